The number of carbonyl (C=O) groups is 2. The maximum absolute atomic E-state index is 12.8. The molecule has 0 radical (unpaired) electrons. The Hall–Kier alpha value is -3.02. The largest absolute Gasteiger partial charge is 0.497 e. The van der Waals surface area contributed by atoms with Gasteiger partial charge in [0.2, 0.25) is 5.91 Å². The number of para-hydroxylation sites is 1. The SMILES string of the molecule is CCOc1ccccc1C(=O)NCC(=O)N1CCC[C@@H]1c1ccc(OC)cc1. The lowest BCUT2D eigenvalue weighted by molar-refractivity contribution is -0.131. The van der Waals surface area contributed by atoms with Gasteiger partial charge in [0.15, 0.2) is 0 Å². The molecule has 3 rings (SSSR count). The summed E-state index contributed by atoms with van der Waals surface area (Å²) in [6, 6.07) is 14.9. The molecule has 0 aromatic heterocycles. The van der Waals surface area contributed by atoms with Crippen molar-refractivity contribution in [3.8, 4) is 11.5 Å². The molecule has 28 heavy (non-hydrogen) atoms. The van der Waals surface area contributed by atoms with E-state index in [1.807, 2.05) is 42.2 Å². The van der Waals surface area contributed by atoms with E-state index in [1.54, 1.807) is 25.3 Å². The van der Waals surface area contributed by atoms with Gasteiger partial charge in [0.05, 0.1) is 31.9 Å². The van der Waals surface area contributed by atoms with Crippen LogP contribution in [-0.4, -0.2) is 43.5 Å². The van der Waals surface area contributed by atoms with Crippen LogP contribution in [0.3, 0.4) is 0 Å². The highest BCUT2D eigenvalue weighted by Gasteiger charge is 2.30. The highest BCUT2D eigenvalue weighted by atomic mass is 16.5. The quantitative estimate of drug-likeness (QED) is 0.799. The maximum Gasteiger partial charge on any atom is 0.255 e. The second-order valence-electron chi connectivity index (χ2n) is 6.63. The number of rotatable bonds is 7. The average Bonchev–Trinajstić information content (AvgIpc) is 3.22. The normalized spacial score (nSPS) is 15.9. The van der Waals surface area contributed by atoms with Gasteiger partial charge >= 0.3 is 0 Å². The molecule has 0 unspecified atom stereocenters. The fourth-order valence-electron chi connectivity index (χ4n) is 3.53. The Bertz CT molecular complexity index is 820. The zero-order chi connectivity index (χ0) is 19.9. The number of benzene rings is 2. The maximum atomic E-state index is 12.8. The molecule has 1 saturated heterocycles. The molecule has 1 aliphatic heterocycles. The Morgan fingerprint density at radius 2 is 1.89 bits per heavy atom. The summed E-state index contributed by atoms with van der Waals surface area (Å²) < 4.78 is 10.7. The molecule has 0 saturated carbocycles. The fraction of sp³-hybridized carbons (Fsp3) is 0.364. The Kier molecular flexibility index (Phi) is 6.53. The molecule has 0 bridgehead atoms. The van der Waals surface area contributed by atoms with Gasteiger partial charge in [-0.05, 0) is 49.6 Å². The summed E-state index contributed by atoms with van der Waals surface area (Å²) >= 11 is 0. The predicted molar refractivity (Wildman–Crippen MR) is 107 cm³/mol. The van der Waals surface area contributed by atoms with Crippen LogP contribution in [0.2, 0.25) is 0 Å². The van der Waals surface area contributed by atoms with Gasteiger partial charge in [-0.3, -0.25) is 9.59 Å². The number of methoxy groups -OCH3 is 1. The van der Waals surface area contributed by atoms with Crippen molar-refractivity contribution in [2.24, 2.45) is 0 Å². The van der Waals surface area contributed by atoms with Crippen molar-refractivity contribution in [2.45, 2.75) is 25.8 Å². The van der Waals surface area contributed by atoms with Crippen LogP contribution in [-0.2, 0) is 4.79 Å². The molecule has 0 aliphatic carbocycles. The summed E-state index contributed by atoms with van der Waals surface area (Å²) in [6.45, 7) is 3.00. The molecular weight excluding hydrogens is 356 g/mol. The highest BCUT2D eigenvalue weighted by Crippen LogP contribution is 2.32. The minimum Gasteiger partial charge on any atom is -0.497 e. The van der Waals surface area contributed by atoms with Crippen LogP contribution >= 0.6 is 0 Å². The molecule has 6 nitrogen and oxygen atoms in total. The van der Waals surface area contributed by atoms with Crippen molar-refractivity contribution in [3.05, 3.63) is 59.7 Å². The van der Waals surface area contributed by atoms with Gasteiger partial charge in [0.25, 0.3) is 5.91 Å². The van der Waals surface area contributed by atoms with E-state index in [2.05, 4.69) is 5.32 Å². The van der Waals surface area contributed by atoms with Crippen molar-refractivity contribution < 1.29 is 19.1 Å². The third-order valence-corrected chi connectivity index (χ3v) is 4.91. The smallest absolute Gasteiger partial charge is 0.255 e. The van der Waals surface area contributed by atoms with Crippen molar-refractivity contribution in [2.75, 3.05) is 26.8 Å². The lowest BCUT2D eigenvalue weighted by atomic mass is 10.0. The fourth-order valence-corrected chi connectivity index (χ4v) is 3.53. The number of hydrogen-bond donors (Lipinski definition) is 1. The van der Waals surface area contributed by atoms with Gasteiger partial charge in [0, 0.05) is 6.54 Å². The van der Waals surface area contributed by atoms with E-state index in [9.17, 15) is 9.59 Å². The zero-order valence-electron chi connectivity index (χ0n) is 16.3. The molecule has 2 aromatic rings. The first-order chi connectivity index (χ1) is 13.6. The minimum absolute atomic E-state index is 0.0334. The summed E-state index contributed by atoms with van der Waals surface area (Å²) in [5.74, 6) is 0.922. The molecular formula is C22H26N2O4. The molecule has 0 spiro atoms. The minimum atomic E-state index is -0.308. The molecule has 1 heterocycles. The lowest BCUT2D eigenvalue weighted by Crippen LogP contribution is -2.39. The summed E-state index contributed by atoms with van der Waals surface area (Å²) in [7, 11) is 1.63. The molecule has 1 fully saturated rings. The van der Waals surface area contributed by atoms with Gasteiger partial charge < -0.3 is 19.7 Å². The van der Waals surface area contributed by atoms with Gasteiger partial charge in [-0.25, -0.2) is 0 Å². The van der Waals surface area contributed by atoms with E-state index in [0.29, 0.717) is 24.5 Å². The Morgan fingerprint density at radius 1 is 1.14 bits per heavy atom. The van der Waals surface area contributed by atoms with Crippen LogP contribution in [0.5, 0.6) is 11.5 Å². The summed E-state index contributed by atoms with van der Waals surface area (Å²) in [5.41, 5.74) is 1.52. The summed E-state index contributed by atoms with van der Waals surface area (Å²) in [4.78, 5) is 27.1. The van der Waals surface area contributed by atoms with E-state index >= 15 is 0 Å². The van der Waals surface area contributed by atoms with Crippen LogP contribution in [0, 0.1) is 0 Å². The molecule has 1 N–H and O–H groups in total. The van der Waals surface area contributed by atoms with Gasteiger partial charge in [-0.2, -0.15) is 0 Å². The summed E-state index contributed by atoms with van der Waals surface area (Å²) in [5, 5.41) is 2.73. The van der Waals surface area contributed by atoms with E-state index < -0.39 is 0 Å². The molecule has 148 valence electrons. The van der Waals surface area contributed by atoms with Crippen molar-refractivity contribution in [1.29, 1.82) is 0 Å². The Balaban J connectivity index is 1.63. The molecule has 1 aliphatic rings. The van der Waals surface area contributed by atoms with Crippen molar-refractivity contribution in [1.82, 2.24) is 10.2 Å². The first-order valence-corrected chi connectivity index (χ1v) is 9.57. The molecule has 2 aromatic carbocycles. The van der Waals surface area contributed by atoms with Gasteiger partial charge in [-0.1, -0.05) is 24.3 Å². The number of amides is 2. The predicted octanol–water partition coefficient (Wildman–Crippen LogP) is 3.19. The first-order valence-electron chi connectivity index (χ1n) is 9.57. The van der Waals surface area contributed by atoms with Crippen molar-refractivity contribution >= 4 is 11.8 Å². The number of hydrogen-bond acceptors (Lipinski definition) is 4. The third-order valence-electron chi connectivity index (χ3n) is 4.91. The van der Waals surface area contributed by atoms with Crippen LogP contribution in [0.25, 0.3) is 0 Å². The number of nitrogens with one attached hydrogen (secondary N) is 1. The van der Waals surface area contributed by atoms with E-state index in [-0.39, 0.29) is 24.4 Å². The number of carbonyl (C=O) groups excluding carboxylic acids is 2. The van der Waals surface area contributed by atoms with Gasteiger partial charge in [0.1, 0.15) is 11.5 Å². The number of nitrogens with zero attached hydrogens (tertiary/aromatic N) is 1. The number of likely N-dealkylation sites (tertiary alicyclic amines) is 1. The molecule has 1 atom stereocenters. The van der Waals surface area contributed by atoms with Crippen molar-refractivity contribution in [3.63, 3.8) is 0 Å². The van der Waals surface area contributed by atoms with Crippen LogP contribution < -0.4 is 14.8 Å². The topological polar surface area (TPSA) is 67.9 Å². The monoisotopic (exact) mass is 382 g/mol. The van der Waals surface area contributed by atoms with E-state index in [0.717, 1.165) is 24.2 Å². The Labute approximate surface area is 165 Å². The Morgan fingerprint density at radius 3 is 2.61 bits per heavy atom. The number of ether oxygens (including phenoxy) is 2. The summed E-state index contributed by atoms with van der Waals surface area (Å²) in [6.07, 6.45) is 1.86. The third kappa shape index (κ3) is 4.44. The van der Waals surface area contributed by atoms with Crippen LogP contribution in [0.15, 0.2) is 48.5 Å². The molecule has 6 heteroatoms. The lowest BCUT2D eigenvalue weighted by Gasteiger charge is -2.25. The molecule has 2 amide bonds. The van der Waals surface area contributed by atoms with E-state index in [4.69, 9.17) is 9.47 Å². The average molecular weight is 382 g/mol. The van der Waals surface area contributed by atoms with Gasteiger partial charge in [-0.15, -0.1) is 0 Å². The van der Waals surface area contributed by atoms with E-state index in [1.165, 1.54) is 0 Å². The standard InChI is InChI=1S/C22H26N2O4/c1-3-28-20-9-5-4-7-18(20)22(26)23-15-21(25)24-14-6-8-19(24)16-10-12-17(27-2)13-11-16/h4-5,7,9-13,19H,3,6,8,14-15H2,1-2H3,(H,23,26)/t19-/m1/s1. The second kappa shape index (κ2) is 9.26. The van der Waals surface area contributed by atoms with Crippen LogP contribution in [0.4, 0.5) is 0 Å². The second-order valence-corrected chi connectivity index (χ2v) is 6.63. The first kappa shape index (κ1) is 19.7. The van der Waals surface area contributed by atoms with Crippen LogP contribution in [0.1, 0.15) is 41.7 Å². The zero-order valence-corrected chi connectivity index (χ0v) is 16.3. The highest BCUT2D eigenvalue weighted by molar-refractivity contribution is 5.98.